The number of amides is 2. The Balaban J connectivity index is 1.83. The van der Waals surface area contributed by atoms with Gasteiger partial charge in [0.05, 0.1) is 19.2 Å². The summed E-state index contributed by atoms with van der Waals surface area (Å²) in [5, 5.41) is 18.4. The standard InChI is InChI=1S/C13H14N4O3/c18-9-11-7-17(16-15-11)8-13(20)14-12(19)6-10-4-2-1-3-5-10/h1-5,7,18H,6,8-9H2,(H,14,19,20). The van der Waals surface area contributed by atoms with Gasteiger partial charge in [-0.05, 0) is 5.56 Å². The van der Waals surface area contributed by atoms with Gasteiger partial charge in [0.25, 0.3) is 0 Å². The van der Waals surface area contributed by atoms with Crippen LogP contribution in [0.5, 0.6) is 0 Å². The molecule has 2 rings (SSSR count). The van der Waals surface area contributed by atoms with Crippen LogP contribution in [-0.4, -0.2) is 31.9 Å². The first-order valence-electron chi connectivity index (χ1n) is 6.04. The molecule has 104 valence electrons. The molecular formula is C13H14N4O3. The molecule has 2 aromatic rings. The maximum atomic E-state index is 11.7. The lowest BCUT2D eigenvalue weighted by Crippen LogP contribution is -2.34. The van der Waals surface area contributed by atoms with Gasteiger partial charge in [0, 0.05) is 0 Å². The molecule has 0 aliphatic carbocycles. The first kappa shape index (κ1) is 13.9. The molecule has 1 aromatic heterocycles. The van der Waals surface area contributed by atoms with Crippen molar-refractivity contribution in [2.24, 2.45) is 0 Å². The molecule has 2 amide bonds. The topological polar surface area (TPSA) is 97.1 Å². The van der Waals surface area contributed by atoms with Crippen LogP contribution in [0, 0.1) is 0 Å². The molecular weight excluding hydrogens is 260 g/mol. The predicted octanol–water partition coefficient (Wildman–Crippen LogP) is -0.344. The van der Waals surface area contributed by atoms with Crippen molar-refractivity contribution in [3.63, 3.8) is 0 Å². The molecule has 0 aliphatic rings. The lowest BCUT2D eigenvalue weighted by Gasteiger charge is -2.04. The van der Waals surface area contributed by atoms with Gasteiger partial charge in [-0.15, -0.1) is 5.10 Å². The summed E-state index contributed by atoms with van der Waals surface area (Å²) < 4.78 is 1.26. The first-order valence-corrected chi connectivity index (χ1v) is 6.04. The number of nitrogens with zero attached hydrogens (tertiary/aromatic N) is 3. The van der Waals surface area contributed by atoms with Crippen LogP contribution < -0.4 is 5.32 Å². The molecule has 0 aliphatic heterocycles. The highest BCUT2D eigenvalue weighted by Gasteiger charge is 2.10. The van der Waals surface area contributed by atoms with Crippen LogP contribution in [0.1, 0.15) is 11.3 Å². The minimum atomic E-state index is -0.472. The van der Waals surface area contributed by atoms with E-state index in [2.05, 4.69) is 15.6 Å². The second-order valence-corrected chi connectivity index (χ2v) is 4.20. The minimum Gasteiger partial charge on any atom is -0.390 e. The van der Waals surface area contributed by atoms with Crippen molar-refractivity contribution in [2.45, 2.75) is 19.6 Å². The van der Waals surface area contributed by atoms with Crippen molar-refractivity contribution in [1.29, 1.82) is 0 Å². The maximum absolute atomic E-state index is 11.7. The SMILES string of the molecule is O=C(Cc1ccccc1)NC(=O)Cn1cc(CO)nn1. The number of carbonyl (C=O) groups excluding carboxylic acids is 2. The second kappa shape index (κ2) is 6.58. The fraction of sp³-hybridized carbons (Fsp3) is 0.231. The molecule has 20 heavy (non-hydrogen) atoms. The number of carbonyl (C=O) groups is 2. The third kappa shape index (κ3) is 3.99. The Hall–Kier alpha value is -2.54. The Bertz CT molecular complexity index is 595. The van der Waals surface area contributed by atoms with Crippen molar-refractivity contribution in [1.82, 2.24) is 20.3 Å². The van der Waals surface area contributed by atoms with E-state index in [0.29, 0.717) is 5.69 Å². The average Bonchev–Trinajstić information content (AvgIpc) is 2.87. The molecule has 7 heteroatoms. The van der Waals surface area contributed by atoms with Gasteiger partial charge in [-0.3, -0.25) is 14.9 Å². The van der Waals surface area contributed by atoms with Gasteiger partial charge in [-0.1, -0.05) is 35.5 Å². The summed E-state index contributed by atoms with van der Waals surface area (Å²) in [6, 6.07) is 9.15. The number of hydrogen-bond acceptors (Lipinski definition) is 5. The van der Waals surface area contributed by atoms with Crippen LogP contribution in [0.2, 0.25) is 0 Å². The molecule has 2 N–H and O–H groups in total. The number of aliphatic hydroxyl groups excluding tert-OH is 1. The van der Waals surface area contributed by atoms with Crippen molar-refractivity contribution >= 4 is 11.8 Å². The molecule has 0 saturated heterocycles. The smallest absolute Gasteiger partial charge is 0.248 e. The Morgan fingerprint density at radius 1 is 1.20 bits per heavy atom. The van der Waals surface area contributed by atoms with E-state index in [-0.39, 0.29) is 25.5 Å². The highest BCUT2D eigenvalue weighted by molar-refractivity contribution is 5.95. The largest absolute Gasteiger partial charge is 0.390 e. The van der Waals surface area contributed by atoms with Crippen LogP contribution >= 0.6 is 0 Å². The second-order valence-electron chi connectivity index (χ2n) is 4.20. The minimum absolute atomic E-state index is 0.118. The van der Waals surface area contributed by atoms with Gasteiger partial charge in [-0.2, -0.15) is 0 Å². The fourth-order valence-electron chi connectivity index (χ4n) is 1.66. The molecule has 1 heterocycles. The van der Waals surface area contributed by atoms with E-state index in [1.54, 1.807) is 0 Å². The van der Waals surface area contributed by atoms with Crippen LogP contribution in [0.25, 0.3) is 0 Å². The number of imide groups is 1. The van der Waals surface area contributed by atoms with Crippen molar-refractivity contribution < 1.29 is 14.7 Å². The Labute approximate surface area is 115 Å². The monoisotopic (exact) mass is 274 g/mol. The van der Waals surface area contributed by atoms with E-state index in [0.717, 1.165) is 5.56 Å². The summed E-state index contributed by atoms with van der Waals surface area (Å²) in [7, 11) is 0. The van der Waals surface area contributed by atoms with Crippen molar-refractivity contribution in [3.05, 3.63) is 47.8 Å². The fourth-order valence-corrected chi connectivity index (χ4v) is 1.66. The highest BCUT2D eigenvalue weighted by Crippen LogP contribution is 1.99. The van der Waals surface area contributed by atoms with E-state index in [1.165, 1.54) is 10.9 Å². The Morgan fingerprint density at radius 3 is 2.60 bits per heavy atom. The molecule has 0 radical (unpaired) electrons. The number of aliphatic hydroxyl groups is 1. The molecule has 0 saturated carbocycles. The van der Waals surface area contributed by atoms with Gasteiger partial charge in [0.15, 0.2) is 0 Å². The van der Waals surface area contributed by atoms with E-state index in [1.807, 2.05) is 30.3 Å². The van der Waals surface area contributed by atoms with E-state index < -0.39 is 5.91 Å². The van der Waals surface area contributed by atoms with Crippen LogP contribution in [0.15, 0.2) is 36.5 Å². The van der Waals surface area contributed by atoms with E-state index in [4.69, 9.17) is 5.11 Å². The summed E-state index contributed by atoms with van der Waals surface area (Å²) in [5.41, 5.74) is 1.20. The molecule has 0 atom stereocenters. The molecule has 0 fully saturated rings. The van der Waals surface area contributed by atoms with Crippen molar-refractivity contribution in [3.8, 4) is 0 Å². The van der Waals surface area contributed by atoms with Gasteiger partial charge in [0.2, 0.25) is 11.8 Å². The lowest BCUT2D eigenvalue weighted by molar-refractivity contribution is -0.130. The quantitative estimate of drug-likeness (QED) is 0.777. The van der Waals surface area contributed by atoms with Crippen LogP contribution in [0.3, 0.4) is 0 Å². The van der Waals surface area contributed by atoms with Gasteiger partial charge in [0.1, 0.15) is 12.2 Å². The number of benzene rings is 1. The van der Waals surface area contributed by atoms with Gasteiger partial charge >= 0.3 is 0 Å². The molecule has 0 spiro atoms. The van der Waals surface area contributed by atoms with Gasteiger partial charge in [-0.25, -0.2) is 4.68 Å². The average molecular weight is 274 g/mol. The van der Waals surface area contributed by atoms with Crippen LogP contribution in [-0.2, 0) is 29.2 Å². The maximum Gasteiger partial charge on any atom is 0.248 e. The molecule has 1 aromatic carbocycles. The zero-order chi connectivity index (χ0) is 14.4. The zero-order valence-corrected chi connectivity index (χ0v) is 10.7. The van der Waals surface area contributed by atoms with Crippen molar-refractivity contribution in [2.75, 3.05) is 0 Å². The Morgan fingerprint density at radius 2 is 1.95 bits per heavy atom. The van der Waals surface area contributed by atoms with Crippen LogP contribution in [0.4, 0.5) is 0 Å². The normalized spacial score (nSPS) is 10.2. The summed E-state index contributed by atoms with van der Waals surface area (Å²) in [5.74, 6) is -0.844. The number of nitrogens with one attached hydrogen (secondary N) is 1. The van der Waals surface area contributed by atoms with E-state index in [9.17, 15) is 9.59 Å². The third-order valence-corrected chi connectivity index (χ3v) is 2.54. The zero-order valence-electron chi connectivity index (χ0n) is 10.7. The summed E-state index contributed by atoms with van der Waals surface area (Å²) in [4.78, 5) is 23.3. The summed E-state index contributed by atoms with van der Waals surface area (Å²) >= 11 is 0. The summed E-state index contributed by atoms with van der Waals surface area (Å²) in [6.07, 6.45) is 1.59. The lowest BCUT2D eigenvalue weighted by atomic mass is 10.1. The predicted molar refractivity (Wildman–Crippen MR) is 69.2 cm³/mol. The molecule has 0 bridgehead atoms. The number of hydrogen-bond donors (Lipinski definition) is 2. The van der Waals surface area contributed by atoms with E-state index >= 15 is 0 Å². The van der Waals surface area contributed by atoms with Gasteiger partial charge < -0.3 is 5.11 Å². The third-order valence-electron chi connectivity index (χ3n) is 2.54. The summed E-state index contributed by atoms with van der Waals surface area (Å²) in [6.45, 7) is -0.359. The molecule has 7 nitrogen and oxygen atoms in total. The highest BCUT2D eigenvalue weighted by atomic mass is 16.3. The Kier molecular flexibility index (Phi) is 4.56. The first-order chi connectivity index (χ1) is 9.67. The number of rotatable bonds is 5. The number of aromatic nitrogens is 3. The molecule has 0 unspecified atom stereocenters.